The zero-order valence-electron chi connectivity index (χ0n) is 12.3. The van der Waals surface area contributed by atoms with Crippen LogP contribution in [0.5, 0.6) is 0 Å². The summed E-state index contributed by atoms with van der Waals surface area (Å²) in [6, 6.07) is 5.60. The van der Waals surface area contributed by atoms with E-state index in [4.69, 9.17) is 0 Å². The summed E-state index contributed by atoms with van der Waals surface area (Å²) in [5, 5.41) is 6.15. The minimum absolute atomic E-state index is 0.230. The summed E-state index contributed by atoms with van der Waals surface area (Å²) in [5.41, 5.74) is 2.10. The first-order valence-corrected chi connectivity index (χ1v) is 7.53. The van der Waals surface area contributed by atoms with Crippen LogP contribution in [0.4, 0.5) is 0 Å². The summed E-state index contributed by atoms with van der Waals surface area (Å²) in [5.74, 6) is 0.165. The lowest BCUT2D eigenvalue weighted by Crippen LogP contribution is -2.29. The molecule has 22 heavy (non-hydrogen) atoms. The summed E-state index contributed by atoms with van der Waals surface area (Å²) in [6.45, 7) is 2.38. The summed E-state index contributed by atoms with van der Waals surface area (Å²) in [7, 11) is 0. The quantitative estimate of drug-likeness (QED) is 0.888. The SMILES string of the molecule is O=C(NCc1ccccn1)c1cnc(C2CCCNC2)cn1. The highest BCUT2D eigenvalue weighted by atomic mass is 16.1. The molecule has 0 aromatic carbocycles. The van der Waals surface area contributed by atoms with Gasteiger partial charge in [-0.05, 0) is 31.5 Å². The van der Waals surface area contributed by atoms with Crippen LogP contribution >= 0.6 is 0 Å². The van der Waals surface area contributed by atoms with Crippen molar-refractivity contribution in [1.29, 1.82) is 0 Å². The maximum Gasteiger partial charge on any atom is 0.271 e. The fourth-order valence-corrected chi connectivity index (χ4v) is 2.53. The van der Waals surface area contributed by atoms with Crippen molar-refractivity contribution in [3.63, 3.8) is 0 Å². The standard InChI is InChI=1S/C16H19N5O/c22-16(21-9-13-5-1-2-7-18-13)15-11-19-14(10-20-15)12-4-3-6-17-8-12/h1-2,5,7,10-12,17H,3-4,6,8-9H2,(H,21,22). The number of piperidine rings is 1. The van der Waals surface area contributed by atoms with Crippen LogP contribution in [0.1, 0.15) is 40.6 Å². The topological polar surface area (TPSA) is 79.8 Å². The van der Waals surface area contributed by atoms with Crippen LogP contribution in [-0.2, 0) is 6.54 Å². The summed E-state index contributed by atoms with van der Waals surface area (Å²) in [4.78, 5) is 24.9. The molecule has 2 aromatic rings. The van der Waals surface area contributed by atoms with E-state index in [1.165, 1.54) is 0 Å². The number of carbonyl (C=O) groups excluding carboxylic acids is 1. The molecule has 3 heterocycles. The zero-order chi connectivity index (χ0) is 15.2. The number of aromatic nitrogens is 3. The normalized spacial score (nSPS) is 17.9. The Labute approximate surface area is 129 Å². The molecule has 0 spiro atoms. The first-order chi connectivity index (χ1) is 10.8. The van der Waals surface area contributed by atoms with Crippen molar-refractivity contribution in [3.05, 3.63) is 53.9 Å². The van der Waals surface area contributed by atoms with Gasteiger partial charge in [0, 0.05) is 24.9 Å². The molecule has 0 radical (unpaired) electrons. The number of pyridine rings is 1. The summed E-state index contributed by atoms with van der Waals surface area (Å²) < 4.78 is 0. The minimum atomic E-state index is -0.230. The van der Waals surface area contributed by atoms with Crippen LogP contribution in [-0.4, -0.2) is 33.9 Å². The smallest absolute Gasteiger partial charge is 0.271 e. The molecule has 2 aromatic heterocycles. The van der Waals surface area contributed by atoms with Gasteiger partial charge in [0.25, 0.3) is 5.91 Å². The highest BCUT2D eigenvalue weighted by molar-refractivity contribution is 5.91. The first-order valence-electron chi connectivity index (χ1n) is 7.53. The molecule has 6 heteroatoms. The number of hydrogen-bond donors (Lipinski definition) is 2. The largest absolute Gasteiger partial charge is 0.345 e. The first kappa shape index (κ1) is 14.6. The van der Waals surface area contributed by atoms with Crippen LogP contribution in [0.25, 0.3) is 0 Å². The van der Waals surface area contributed by atoms with Gasteiger partial charge >= 0.3 is 0 Å². The van der Waals surface area contributed by atoms with Gasteiger partial charge in [0.1, 0.15) is 5.69 Å². The highest BCUT2D eigenvalue weighted by Gasteiger charge is 2.17. The number of carbonyl (C=O) groups is 1. The Kier molecular flexibility index (Phi) is 4.70. The molecule has 0 aliphatic carbocycles. The third kappa shape index (κ3) is 3.65. The van der Waals surface area contributed by atoms with Gasteiger partial charge in [-0.2, -0.15) is 0 Å². The number of nitrogens with zero attached hydrogens (tertiary/aromatic N) is 3. The second kappa shape index (κ2) is 7.09. The highest BCUT2D eigenvalue weighted by Crippen LogP contribution is 2.20. The number of hydrogen-bond acceptors (Lipinski definition) is 5. The van der Waals surface area contributed by atoms with Crippen LogP contribution in [0.3, 0.4) is 0 Å². The van der Waals surface area contributed by atoms with Gasteiger partial charge in [-0.15, -0.1) is 0 Å². The van der Waals surface area contributed by atoms with Gasteiger partial charge in [-0.1, -0.05) is 6.07 Å². The van der Waals surface area contributed by atoms with Crippen molar-refractivity contribution in [2.24, 2.45) is 0 Å². The van der Waals surface area contributed by atoms with Gasteiger partial charge in [0.15, 0.2) is 0 Å². The molecule has 0 bridgehead atoms. The second-order valence-electron chi connectivity index (χ2n) is 5.37. The molecule has 2 N–H and O–H groups in total. The van der Waals surface area contributed by atoms with E-state index >= 15 is 0 Å². The van der Waals surface area contributed by atoms with E-state index in [1.54, 1.807) is 18.6 Å². The van der Waals surface area contributed by atoms with Gasteiger partial charge in [-0.25, -0.2) is 4.98 Å². The molecular weight excluding hydrogens is 278 g/mol. The molecule has 0 saturated carbocycles. The predicted molar refractivity (Wildman–Crippen MR) is 82.3 cm³/mol. The minimum Gasteiger partial charge on any atom is -0.345 e. The molecule has 1 aliphatic rings. The van der Waals surface area contributed by atoms with Crippen molar-refractivity contribution in [2.75, 3.05) is 13.1 Å². The molecule has 1 unspecified atom stereocenters. The number of nitrogens with one attached hydrogen (secondary N) is 2. The molecule has 1 saturated heterocycles. The maximum atomic E-state index is 12.1. The Morgan fingerprint density at radius 1 is 1.27 bits per heavy atom. The van der Waals surface area contributed by atoms with Crippen molar-refractivity contribution >= 4 is 5.91 Å². The third-order valence-corrected chi connectivity index (χ3v) is 3.78. The van der Waals surface area contributed by atoms with E-state index < -0.39 is 0 Å². The number of rotatable bonds is 4. The maximum absolute atomic E-state index is 12.1. The lowest BCUT2D eigenvalue weighted by atomic mass is 9.96. The third-order valence-electron chi connectivity index (χ3n) is 3.78. The van der Waals surface area contributed by atoms with Crippen LogP contribution in [0, 0.1) is 0 Å². The lowest BCUT2D eigenvalue weighted by Gasteiger charge is -2.21. The van der Waals surface area contributed by atoms with Gasteiger partial charge in [0.05, 0.1) is 24.1 Å². The van der Waals surface area contributed by atoms with E-state index in [0.717, 1.165) is 37.3 Å². The summed E-state index contributed by atoms with van der Waals surface area (Å²) >= 11 is 0. The van der Waals surface area contributed by atoms with Crippen molar-refractivity contribution in [2.45, 2.75) is 25.3 Å². The fourth-order valence-electron chi connectivity index (χ4n) is 2.53. The van der Waals surface area contributed by atoms with E-state index in [0.29, 0.717) is 18.2 Å². The second-order valence-corrected chi connectivity index (χ2v) is 5.37. The van der Waals surface area contributed by atoms with Crippen LogP contribution < -0.4 is 10.6 Å². The molecule has 1 atom stereocenters. The van der Waals surface area contributed by atoms with Crippen LogP contribution in [0.15, 0.2) is 36.8 Å². The Balaban J connectivity index is 1.58. The monoisotopic (exact) mass is 297 g/mol. The van der Waals surface area contributed by atoms with E-state index in [9.17, 15) is 4.79 Å². The van der Waals surface area contributed by atoms with Gasteiger partial charge in [0.2, 0.25) is 0 Å². The Morgan fingerprint density at radius 2 is 2.23 bits per heavy atom. The summed E-state index contributed by atoms with van der Waals surface area (Å²) in [6.07, 6.45) is 7.24. The Hall–Kier alpha value is -2.34. The average Bonchev–Trinajstić information content (AvgIpc) is 2.61. The van der Waals surface area contributed by atoms with Crippen molar-refractivity contribution in [3.8, 4) is 0 Å². The molecule has 1 amide bonds. The van der Waals surface area contributed by atoms with E-state index in [-0.39, 0.29) is 5.91 Å². The zero-order valence-corrected chi connectivity index (χ0v) is 12.3. The Bertz CT molecular complexity index is 608. The molecule has 6 nitrogen and oxygen atoms in total. The molecule has 1 aliphatic heterocycles. The van der Waals surface area contributed by atoms with E-state index in [1.807, 2.05) is 18.2 Å². The van der Waals surface area contributed by atoms with Gasteiger partial charge in [-0.3, -0.25) is 14.8 Å². The lowest BCUT2D eigenvalue weighted by molar-refractivity contribution is 0.0945. The van der Waals surface area contributed by atoms with Crippen molar-refractivity contribution in [1.82, 2.24) is 25.6 Å². The van der Waals surface area contributed by atoms with E-state index in [2.05, 4.69) is 25.6 Å². The number of amides is 1. The molecule has 3 rings (SSSR count). The average molecular weight is 297 g/mol. The van der Waals surface area contributed by atoms with Crippen LogP contribution in [0.2, 0.25) is 0 Å². The molecule has 114 valence electrons. The molecular formula is C16H19N5O. The van der Waals surface area contributed by atoms with Crippen molar-refractivity contribution < 1.29 is 4.79 Å². The predicted octanol–water partition coefficient (Wildman–Crippen LogP) is 1.27. The molecule has 1 fully saturated rings. The fraction of sp³-hybridized carbons (Fsp3) is 0.375. The van der Waals surface area contributed by atoms with Gasteiger partial charge < -0.3 is 10.6 Å². The Morgan fingerprint density at radius 3 is 2.91 bits per heavy atom.